The van der Waals surface area contributed by atoms with Crippen LogP contribution in [0.15, 0.2) is 23.2 Å². The van der Waals surface area contributed by atoms with Crippen LogP contribution in [0.1, 0.15) is 25.8 Å². The first-order valence-electron chi connectivity index (χ1n) is 9.21. The number of halogens is 1. The SMILES string of the molecule is CCNC(=NCc1ccc(OCC)c(F)c1)NCCN(C)CCCOC. The fraction of sp³-hybridized carbons (Fsp3) is 0.632. The maximum absolute atomic E-state index is 13.9. The molecular weight excluding hydrogens is 335 g/mol. The van der Waals surface area contributed by atoms with Crippen LogP contribution in [0.3, 0.4) is 0 Å². The minimum atomic E-state index is -0.352. The molecule has 0 aliphatic rings. The highest BCUT2D eigenvalue weighted by molar-refractivity contribution is 5.79. The number of methoxy groups -OCH3 is 1. The number of nitrogens with one attached hydrogen (secondary N) is 2. The largest absolute Gasteiger partial charge is 0.491 e. The molecule has 0 atom stereocenters. The van der Waals surface area contributed by atoms with E-state index in [9.17, 15) is 4.39 Å². The Hall–Kier alpha value is -1.86. The summed E-state index contributed by atoms with van der Waals surface area (Å²) in [6.45, 7) is 8.94. The van der Waals surface area contributed by atoms with Gasteiger partial charge in [0, 0.05) is 39.9 Å². The molecule has 0 heterocycles. The summed E-state index contributed by atoms with van der Waals surface area (Å²) in [4.78, 5) is 6.77. The predicted molar refractivity (Wildman–Crippen MR) is 104 cm³/mol. The van der Waals surface area contributed by atoms with Crippen LogP contribution < -0.4 is 15.4 Å². The van der Waals surface area contributed by atoms with Crippen LogP contribution >= 0.6 is 0 Å². The van der Waals surface area contributed by atoms with E-state index in [0.29, 0.717) is 13.2 Å². The second-order valence-electron chi connectivity index (χ2n) is 5.97. The maximum Gasteiger partial charge on any atom is 0.191 e. The molecule has 2 N–H and O–H groups in total. The zero-order valence-corrected chi connectivity index (χ0v) is 16.5. The third-order valence-corrected chi connectivity index (χ3v) is 3.73. The molecule has 0 bridgehead atoms. The van der Waals surface area contributed by atoms with Gasteiger partial charge in [0.2, 0.25) is 0 Å². The van der Waals surface area contributed by atoms with E-state index in [-0.39, 0.29) is 11.6 Å². The molecule has 7 heteroatoms. The van der Waals surface area contributed by atoms with E-state index in [1.54, 1.807) is 13.2 Å². The average Bonchev–Trinajstić information content (AvgIpc) is 2.62. The molecule has 1 rings (SSSR count). The van der Waals surface area contributed by atoms with Crippen molar-refractivity contribution in [2.45, 2.75) is 26.8 Å². The van der Waals surface area contributed by atoms with Crippen molar-refractivity contribution in [2.24, 2.45) is 4.99 Å². The van der Waals surface area contributed by atoms with Gasteiger partial charge in [0.1, 0.15) is 0 Å². The highest BCUT2D eigenvalue weighted by atomic mass is 19.1. The molecule has 0 amide bonds. The van der Waals surface area contributed by atoms with Gasteiger partial charge in [-0.05, 0) is 45.0 Å². The molecule has 148 valence electrons. The van der Waals surface area contributed by atoms with Gasteiger partial charge in [-0.25, -0.2) is 9.38 Å². The Kier molecular flexibility index (Phi) is 11.4. The van der Waals surface area contributed by atoms with E-state index in [1.165, 1.54) is 6.07 Å². The lowest BCUT2D eigenvalue weighted by Crippen LogP contribution is -2.41. The molecule has 1 aromatic rings. The smallest absolute Gasteiger partial charge is 0.191 e. The number of likely N-dealkylation sites (N-methyl/N-ethyl adjacent to an activating group) is 1. The van der Waals surface area contributed by atoms with Crippen molar-refractivity contribution >= 4 is 5.96 Å². The lowest BCUT2D eigenvalue weighted by atomic mass is 10.2. The summed E-state index contributed by atoms with van der Waals surface area (Å²) >= 11 is 0. The van der Waals surface area contributed by atoms with Gasteiger partial charge in [-0.15, -0.1) is 0 Å². The molecule has 1 aromatic carbocycles. The van der Waals surface area contributed by atoms with Crippen molar-refractivity contribution in [1.29, 1.82) is 0 Å². The Labute approximate surface area is 156 Å². The van der Waals surface area contributed by atoms with Crippen LogP contribution in [0, 0.1) is 5.82 Å². The van der Waals surface area contributed by atoms with Crippen molar-refractivity contribution < 1.29 is 13.9 Å². The third-order valence-electron chi connectivity index (χ3n) is 3.73. The van der Waals surface area contributed by atoms with Gasteiger partial charge in [-0.1, -0.05) is 6.07 Å². The molecular formula is C19H33FN4O2. The molecule has 0 saturated carbocycles. The van der Waals surface area contributed by atoms with E-state index < -0.39 is 0 Å². The zero-order valence-electron chi connectivity index (χ0n) is 16.5. The monoisotopic (exact) mass is 368 g/mol. The number of benzene rings is 1. The molecule has 0 aromatic heterocycles. The molecule has 0 radical (unpaired) electrons. The standard InChI is InChI=1S/C19H33FN4O2/c1-5-21-19(22-10-12-24(3)11-7-13-25-4)23-15-16-8-9-18(26-6-2)17(20)14-16/h8-9,14H,5-7,10-13,15H2,1-4H3,(H2,21,22,23). The topological polar surface area (TPSA) is 58.1 Å². The fourth-order valence-corrected chi connectivity index (χ4v) is 2.38. The average molecular weight is 368 g/mol. The van der Waals surface area contributed by atoms with Gasteiger partial charge in [0.25, 0.3) is 0 Å². The Morgan fingerprint density at radius 2 is 2.04 bits per heavy atom. The van der Waals surface area contributed by atoms with Crippen molar-refractivity contribution in [2.75, 3.05) is 53.6 Å². The van der Waals surface area contributed by atoms with Crippen LogP contribution in [0.2, 0.25) is 0 Å². The molecule has 0 saturated heterocycles. The number of rotatable bonds is 12. The summed E-state index contributed by atoms with van der Waals surface area (Å²) in [6.07, 6.45) is 1.02. The van der Waals surface area contributed by atoms with Crippen molar-refractivity contribution in [3.05, 3.63) is 29.6 Å². The maximum atomic E-state index is 13.9. The van der Waals surface area contributed by atoms with Gasteiger partial charge in [0.15, 0.2) is 17.5 Å². The van der Waals surface area contributed by atoms with Gasteiger partial charge < -0.3 is 25.0 Å². The fourth-order valence-electron chi connectivity index (χ4n) is 2.38. The first-order valence-corrected chi connectivity index (χ1v) is 9.21. The summed E-state index contributed by atoms with van der Waals surface area (Å²) in [5.74, 6) is 0.657. The Balaban J connectivity index is 2.48. The van der Waals surface area contributed by atoms with Crippen LogP contribution in [-0.2, 0) is 11.3 Å². The normalized spacial score (nSPS) is 11.7. The number of aliphatic imine (C=N–C) groups is 1. The Bertz CT molecular complexity index is 540. The summed E-state index contributed by atoms with van der Waals surface area (Å²) in [5, 5.41) is 6.51. The molecule has 0 fully saturated rings. The number of hydrogen-bond acceptors (Lipinski definition) is 4. The summed E-state index contributed by atoms with van der Waals surface area (Å²) < 4.78 is 24.2. The second-order valence-corrected chi connectivity index (χ2v) is 5.97. The lowest BCUT2D eigenvalue weighted by Gasteiger charge is -2.18. The number of nitrogens with zero attached hydrogens (tertiary/aromatic N) is 2. The predicted octanol–water partition coefficient (Wildman–Crippen LogP) is 2.25. The van der Waals surface area contributed by atoms with Crippen LogP contribution in [0.5, 0.6) is 5.75 Å². The van der Waals surface area contributed by atoms with Crippen LogP contribution in [0.25, 0.3) is 0 Å². The van der Waals surface area contributed by atoms with E-state index in [1.807, 2.05) is 19.9 Å². The molecule has 6 nitrogen and oxygen atoms in total. The van der Waals surface area contributed by atoms with E-state index in [4.69, 9.17) is 9.47 Å². The number of guanidine groups is 1. The van der Waals surface area contributed by atoms with E-state index >= 15 is 0 Å². The van der Waals surface area contributed by atoms with Crippen LogP contribution in [-0.4, -0.2) is 64.4 Å². The van der Waals surface area contributed by atoms with Crippen molar-refractivity contribution in [1.82, 2.24) is 15.5 Å². The van der Waals surface area contributed by atoms with Gasteiger partial charge >= 0.3 is 0 Å². The Morgan fingerprint density at radius 3 is 2.69 bits per heavy atom. The summed E-state index contributed by atoms with van der Waals surface area (Å²) in [5.41, 5.74) is 0.805. The third kappa shape index (κ3) is 9.01. The number of ether oxygens (including phenoxy) is 2. The quantitative estimate of drug-likeness (QED) is 0.337. The Morgan fingerprint density at radius 1 is 1.23 bits per heavy atom. The minimum Gasteiger partial charge on any atom is -0.491 e. The van der Waals surface area contributed by atoms with Gasteiger partial charge in [0.05, 0.1) is 13.2 Å². The minimum absolute atomic E-state index is 0.279. The summed E-state index contributed by atoms with van der Waals surface area (Å²) in [7, 11) is 3.81. The lowest BCUT2D eigenvalue weighted by molar-refractivity contribution is 0.180. The second kappa shape index (κ2) is 13.4. The highest BCUT2D eigenvalue weighted by Crippen LogP contribution is 2.18. The van der Waals surface area contributed by atoms with E-state index in [2.05, 4.69) is 27.6 Å². The van der Waals surface area contributed by atoms with E-state index in [0.717, 1.165) is 50.7 Å². The molecule has 0 spiro atoms. The summed E-state index contributed by atoms with van der Waals surface area (Å²) in [6, 6.07) is 4.96. The van der Waals surface area contributed by atoms with Crippen molar-refractivity contribution in [3.8, 4) is 5.75 Å². The first-order chi connectivity index (χ1) is 12.6. The molecule has 0 aliphatic carbocycles. The van der Waals surface area contributed by atoms with Gasteiger partial charge in [-0.3, -0.25) is 0 Å². The molecule has 26 heavy (non-hydrogen) atoms. The van der Waals surface area contributed by atoms with Crippen molar-refractivity contribution in [3.63, 3.8) is 0 Å². The molecule has 0 aliphatic heterocycles. The number of hydrogen-bond donors (Lipinski definition) is 2. The van der Waals surface area contributed by atoms with Gasteiger partial charge in [-0.2, -0.15) is 0 Å². The first kappa shape index (κ1) is 22.2. The highest BCUT2D eigenvalue weighted by Gasteiger charge is 2.05. The zero-order chi connectivity index (χ0) is 19.2. The molecule has 0 unspecified atom stereocenters. The van der Waals surface area contributed by atoms with Crippen LogP contribution in [0.4, 0.5) is 4.39 Å².